The minimum absolute atomic E-state index is 0.342. The SMILES string of the molecule is c1ccc(-n2c3cc(-c4ccc5c(c4)-c4ccccc4C54c5ccccc5-c5ccccc54)ccc3c3ccc(-n4c5ccccc5c5cccnc54)cc32)cc1. The summed E-state index contributed by atoms with van der Waals surface area (Å²) < 4.78 is 4.74. The van der Waals surface area contributed by atoms with Crippen LogP contribution in [0.4, 0.5) is 0 Å². The van der Waals surface area contributed by atoms with Gasteiger partial charge in [-0.1, -0.05) is 140 Å². The third-order valence-electron chi connectivity index (χ3n) is 12.8. The highest BCUT2D eigenvalue weighted by atomic mass is 15.1. The van der Waals surface area contributed by atoms with Crippen molar-refractivity contribution in [3.05, 3.63) is 223 Å². The predicted octanol–water partition coefficient (Wildman–Crippen LogP) is 13.3. The fourth-order valence-corrected chi connectivity index (χ4v) is 10.5. The highest BCUT2D eigenvalue weighted by molar-refractivity contribution is 6.12. The maximum Gasteiger partial charge on any atom is 0.145 e. The lowest BCUT2D eigenvalue weighted by molar-refractivity contribution is 0.794. The third kappa shape index (κ3) is 3.97. The molecule has 3 heterocycles. The van der Waals surface area contributed by atoms with E-state index in [1.807, 2.05) is 12.3 Å². The smallest absolute Gasteiger partial charge is 0.145 e. The first kappa shape index (κ1) is 30.8. The molecule has 11 aromatic rings. The lowest BCUT2D eigenvalue weighted by atomic mass is 9.70. The molecule has 0 aliphatic heterocycles. The molecule has 0 unspecified atom stereocenters. The minimum Gasteiger partial charge on any atom is -0.309 e. The fraction of sp³-hybridized carbons (Fsp3) is 0.0185. The molecule has 13 rings (SSSR count). The standard InChI is InChI=1S/C54H33N3/c1-2-13-36(14-3-1)56-51-32-35(24-27-42(51)43-28-26-37(33-52(43)56)57-50-23-11-7-18-41(50)44-19-12-30-55-53(44)57)34-25-29-49-45(31-34)40-17-6-10-22-48(40)54(49)46-20-8-4-15-38(46)39-16-5-9-21-47(39)54/h1-33H. The highest BCUT2D eigenvalue weighted by Crippen LogP contribution is 2.63. The van der Waals surface area contributed by atoms with Gasteiger partial charge in [0.25, 0.3) is 0 Å². The Morgan fingerprint density at radius 3 is 1.63 bits per heavy atom. The van der Waals surface area contributed by atoms with Gasteiger partial charge in [-0.3, -0.25) is 4.57 Å². The van der Waals surface area contributed by atoms with E-state index in [9.17, 15) is 0 Å². The molecule has 0 atom stereocenters. The Labute approximate surface area is 329 Å². The maximum absolute atomic E-state index is 4.88. The van der Waals surface area contributed by atoms with Gasteiger partial charge in [0.1, 0.15) is 5.65 Å². The Balaban J connectivity index is 1.03. The van der Waals surface area contributed by atoms with Crippen LogP contribution in [0.25, 0.3) is 88.5 Å². The predicted molar refractivity (Wildman–Crippen MR) is 235 cm³/mol. The lowest BCUT2D eigenvalue weighted by Crippen LogP contribution is -2.25. The van der Waals surface area contributed by atoms with Gasteiger partial charge in [0.15, 0.2) is 0 Å². The Hall–Kier alpha value is -7.49. The number of nitrogens with zero attached hydrogens (tertiary/aromatic N) is 3. The van der Waals surface area contributed by atoms with Gasteiger partial charge in [0, 0.05) is 39.1 Å². The van der Waals surface area contributed by atoms with Crippen molar-refractivity contribution in [1.29, 1.82) is 0 Å². The fourth-order valence-electron chi connectivity index (χ4n) is 10.5. The zero-order valence-corrected chi connectivity index (χ0v) is 30.9. The number of hydrogen-bond donors (Lipinski definition) is 0. The minimum atomic E-state index is -0.342. The number of benzene rings is 8. The summed E-state index contributed by atoms with van der Waals surface area (Å²) >= 11 is 0. The van der Waals surface area contributed by atoms with E-state index in [0.29, 0.717) is 0 Å². The van der Waals surface area contributed by atoms with Crippen molar-refractivity contribution in [3.63, 3.8) is 0 Å². The van der Waals surface area contributed by atoms with E-state index in [1.165, 1.54) is 77.3 Å². The first-order valence-electron chi connectivity index (χ1n) is 19.7. The molecular weight excluding hydrogens is 691 g/mol. The summed E-state index contributed by atoms with van der Waals surface area (Å²) in [5.41, 5.74) is 19.5. The van der Waals surface area contributed by atoms with Crippen LogP contribution in [0, 0.1) is 0 Å². The van der Waals surface area contributed by atoms with E-state index < -0.39 is 0 Å². The number of hydrogen-bond acceptors (Lipinski definition) is 1. The molecule has 57 heavy (non-hydrogen) atoms. The molecule has 0 saturated carbocycles. The number of pyridine rings is 1. The Kier molecular flexibility index (Phi) is 6.10. The van der Waals surface area contributed by atoms with Crippen LogP contribution >= 0.6 is 0 Å². The van der Waals surface area contributed by atoms with Crippen LogP contribution in [-0.4, -0.2) is 14.1 Å². The number of rotatable bonds is 3. The summed E-state index contributed by atoms with van der Waals surface area (Å²) in [4.78, 5) is 4.88. The first-order chi connectivity index (χ1) is 28.3. The lowest BCUT2D eigenvalue weighted by Gasteiger charge is -2.30. The van der Waals surface area contributed by atoms with Gasteiger partial charge in [0.2, 0.25) is 0 Å². The molecule has 0 N–H and O–H groups in total. The molecule has 8 aromatic carbocycles. The van der Waals surface area contributed by atoms with Gasteiger partial charge < -0.3 is 4.57 Å². The average Bonchev–Trinajstić information content (AvgIpc) is 3.98. The maximum atomic E-state index is 4.88. The molecule has 2 aliphatic carbocycles. The average molecular weight is 724 g/mol. The molecule has 0 bridgehead atoms. The summed E-state index contributed by atoms with van der Waals surface area (Å²) in [6.07, 6.45) is 1.89. The van der Waals surface area contributed by atoms with Crippen LogP contribution < -0.4 is 0 Å². The Morgan fingerprint density at radius 2 is 0.877 bits per heavy atom. The molecule has 3 heteroatoms. The van der Waals surface area contributed by atoms with Gasteiger partial charge in [-0.15, -0.1) is 0 Å². The Morgan fingerprint density at radius 1 is 0.333 bits per heavy atom. The Bertz CT molecular complexity index is 3380. The van der Waals surface area contributed by atoms with Crippen molar-refractivity contribution < 1.29 is 0 Å². The van der Waals surface area contributed by atoms with Gasteiger partial charge in [-0.2, -0.15) is 0 Å². The van der Waals surface area contributed by atoms with Gasteiger partial charge >= 0.3 is 0 Å². The van der Waals surface area contributed by atoms with Crippen molar-refractivity contribution in [2.45, 2.75) is 5.41 Å². The van der Waals surface area contributed by atoms with Gasteiger partial charge in [-0.25, -0.2) is 4.98 Å². The summed E-state index contributed by atoms with van der Waals surface area (Å²) in [5, 5.41) is 4.82. The van der Waals surface area contributed by atoms with Crippen LogP contribution in [-0.2, 0) is 5.41 Å². The quantitative estimate of drug-likeness (QED) is 0.178. The van der Waals surface area contributed by atoms with Crippen LogP contribution in [0.15, 0.2) is 200 Å². The number of fused-ring (bicyclic) bond motifs is 16. The largest absolute Gasteiger partial charge is 0.309 e. The second kappa shape index (κ2) is 11.3. The molecule has 0 amide bonds. The summed E-state index contributed by atoms with van der Waals surface area (Å²) in [5.74, 6) is 0. The molecule has 0 saturated heterocycles. The molecular formula is C54H33N3. The van der Waals surface area contributed by atoms with Crippen molar-refractivity contribution >= 4 is 43.7 Å². The van der Waals surface area contributed by atoms with Crippen molar-refractivity contribution in [3.8, 4) is 44.8 Å². The van der Waals surface area contributed by atoms with Gasteiger partial charge in [0.05, 0.1) is 22.0 Å². The molecule has 3 aromatic heterocycles. The molecule has 0 radical (unpaired) electrons. The van der Waals surface area contributed by atoms with E-state index in [0.717, 1.165) is 33.4 Å². The summed E-state index contributed by atoms with van der Waals surface area (Å²) in [6, 6.07) is 71.8. The number of para-hydroxylation sites is 2. The second-order valence-electron chi connectivity index (χ2n) is 15.5. The zero-order valence-electron chi connectivity index (χ0n) is 30.9. The van der Waals surface area contributed by atoms with Crippen molar-refractivity contribution in [1.82, 2.24) is 14.1 Å². The molecule has 3 nitrogen and oxygen atoms in total. The highest BCUT2D eigenvalue weighted by Gasteiger charge is 2.51. The molecule has 0 fully saturated rings. The van der Waals surface area contributed by atoms with Gasteiger partial charge in [-0.05, 0) is 110 Å². The van der Waals surface area contributed by atoms with E-state index in [4.69, 9.17) is 4.98 Å². The van der Waals surface area contributed by atoms with E-state index in [1.54, 1.807) is 0 Å². The summed E-state index contributed by atoms with van der Waals surface area (Å²) in [7, 11) is 0. The third-order valence-corrected chi connectivity index (χ3v) is 12.8. The molecule has 2 aliphatic rings. The summed E-state index contributed by atoms with van der Waals surface area (Å²) in [6.45, 7) is 0. The molecule has 264 valence electrons. The molecule has 1 spiro atoms. The normalized spacial score (nSPS) is 13.4. The van der Waals surface area contributed by atoms with Crippen molar-refractivity contribution in [2.24, 2.45) is 0 Å². The van der Waals surface area contributed by atoms with Crippen LogP contribution in [0.3, 0.4) is 0 Å². The van der Waals surface area contributed by atoms with Crippen LogP contribution in [0.2, 0.25) is 0 Å². The zero-order chi connectivity index (χ0) is 37.2. The first-order valence-corrected chi connectivity index (χ1v) is 19.7. The van der Waals surface area contributed by atoms with Crippen molar-refractivity contribution in [2.75, 3.05) is 0 Å². The van der Waals surface area contributed by atoms with Crippen LogP contribution in [0.5, 0.6) is 0 Å². The van der Waals surface area contributed by atoms with E-state index in [2.05, 4.69) is 197 Å². The van der Waals surface area contributed by atoms with E-state index in [-0.39, 0.29) is 5.41 Å². The van der Waals surface area contributed by atoms with Crippen LogP contribution in [0.1, 0.15) is 22.3 Å². The second-order valence-corrected chi connectivity index (χ2v) is 15.5. The monoisotopic (exact) mass is 723 g/mol. The van der Waals surface area contributed by atoms with E-state index >= 15 is 0 Å². The topological polar surface area (TPSA) is 22.8 Å². The number of aromatic nitrogens is 3.